The summed E-state index contributed by atoms with van der Waals surface area (Å²) in [6, 6.07) is 14.8. The molecule has 0 saturated carbocycles. The van der Waals surface area contributed by atoms with Crippen LogP contribution in [-0.2, 0) is 11.2 Å². The van der Waals surface area contributed by atoms with Gasteiger partial charge in [-0.2, -0.15) is 0 Å². The summed E-state index contributed by atoms with van der Waals surface area (Å²) in [5.41, 5.74) is -0.262. The summed E-state index contributed by atoms with van der Waals surface area (Å²) in [4.78, 5) is 24.2. The van der Waals surface area contributed by atoms with E-state index in [9.17, 15) is 19.8 Å². The van der Waals surface area contributed by atoms with Gasteiger partial charge >= 0.3 is 5.97 Å². The van der Waals surface area contributed by atoms with Gasteiger partial charge in [-0.25, -0.2) is 4.79 Å². The number of amides is 1. The van der Waals surface area contributed by atoms with Gasteiger partial charge in [-0.1, -0.05) is 37.3 Å². The molecule has 0 aliphatic carbocycles. The molecule has 0 saturated heterocycles. The van der Waals surface area contributed by atoms with E-state index in [0.29, 0.717) is 5.56 Å². The van der Waals surface area contributed by atoms with Crippen LogP contribution in [0.1, 0.15) is 29.3 Å². The van der Waals surface area contributed by atoms with Gasteiger partial charge in [0.1, 0.15) is 11.3 Å². The maximum atomic E-state index is 12.4. The largest absolute Gasteiger partial charge is 0.508 e. The van der Waals surface area contributed by atoms with Crippen molar-refractivity contribution in [3.8, 4) is 5.75 Å². The minimum atomic E-state index is -1.40. The zero-order valence-corrected chi connectivity index (χ0v) is 12.8. The second kappa shape index (κ2) is 6.96. The smallest absolute Gasteiger partial charge is 0.329 e. The van der Waals surface area contributed by atoms with Crippen molar-refractivity contribution in [1.82, 2.24) is 5.32 Å². The fourth-order valence-electron chi connectivity index (χ4n) is 2.38. The van der Waals surface area contributed by atoms with Crippen LogP contribution >= 0.6 is 0 Å². The Bertz CT molecular complexity index is 682. The fourth-order valence-corrected chi connectivity index (χ4v) is 2.38. The highest BCUT2D eigenvalue weighted by atomic mass is 16.4. The first-order valence-electron chi connectivity index (χ1n) is 7.36. The quantitative estimate of drug-likeness (QED) is 0.765. The number of rotatable bonds is 6. The Balaban J connectivity index is 2.26. The van der Waals surface area contributed by atoms with Gasteiger partial charge in [0.2, 0.25) is 0 Å². The Labute approximate surface area is 134 Å². The first-order chi connectivity index (χ1) is 11.0. The maximum absolute atomic E-state index is 12.4. The predicted octanol–water partition coefficient (Wildman–Crippen LogP) is 2.60. The molecule has 2 rings (SSSR count). The summed E-state index contributed by atoms with van der Waals surface area (Å²) in [5, 5.41) is 21.7. The lowest BCUT2D eigenvalue weighted by Gasteiger charge is -2.29. The summed E-state index contributed by atoms with van der Waals surface area (Å²) >= 11 is 0. The van der Waals surface area contributed by atoms with E-state index in [2.05, 4.69) is 5.32 Å². The van der Waals surface area contributed by atoms with Crippen LogP contribution in [0.3, 0.4) is 0 Å². The summed E-state index contributed by atoms with van der Waals surface area (Å²) in [6.07, 6.45) is 0.374. The first kappa shape index (κ1) is 16.5. The van der Waals surface area contributed by atoms with E-state index in [1.54, 1.807) is 49.4 Å². The second-order valence-electron chi connectivity index (χ2n) is 5.40. The number of nitrogens with one attached hydrogen (secondary N) is 1. The number of carboxylic acid groups (broad SMARTS) is 1. The monoisotopic (exact) mass is 313 g/mol. The Morgan fingerprint density at radius 3 is 2.17 bits per heavy atom. The Morgan fingerprint density at radius 1 is 1.04 bits per heavy atom. The van der Waals surface area contributed by atoms with E-state index in [1.165, 1.54) is 12.1 Å². The average molecular weight is 313 g/mol. The molecule has 0 spiro atoms. The van der Waals surface area contributed by atoms with Crippen LogP contribution in [0.15, 0.2) is 54.6 Å². The molecule has 0 heterocycles. The summed E-state index contributed by atoms with van der Waals surface area (Å²) in [6.45, 7) is 1.72. The van der Waals surface area contributed by atoms with Crippen molar-refractivity contribution in [2.24, 2.45) is 0 Å². The highest BCUT2D eigenvalue weighted by Gasteiger charge is 2.38. The van der Waals surface area contributed by atoms with Gasteiger partial charge in [0.05, 0.1) is 0 Å². The SMILES string of the molecule is CC[C@@](Cc1ccc(O)cc1)(NC(=O)c1ccccc1)C(=O)O. The lowest BCUT2D eigenvalue weighted by Crippen LogP contribution is -2.55. The Hall–Kier alpha value is -2.82. The number of phenols is 1. The number of carboxylic acids is 1. The zero-order valence-electron chi connectivity index (χ0n) is 12.8. The van der Waals surface area contributed by atoms with Crippen LogP contribution in [0.25, 0.3) is 0 Å². The van der Waals surface area contributed by atoms with E-state index in [-0.39, 0.29) is 18.6 Å². The normalized spacial score (nSPS) is 13.1. The van der Waals surface area contributed by atoms with E-state index < -0.39 is 17.4 Å². The van der Waals surface area contributed by atoms with Crippen molar-refractivity contribution < 1.29 is 19.8 Å². The molecule has 0 aromatic heterocycles. The highest BCUT2D eigenvalue weighted by Crippen LogP contribution is 2.21. The Morgan fingerprint density at radius 2 is 1.65 bits per heavy atom. The van der Waals surface area contributed by atoms with Crippen molar-refractivity contribution in [1.29, 1.82) is 0 Å². The van der Waals surface area contributed by atoms with Crippen LogP contribution in [0, 0.1) is 0 Å². The minimum absolute atomic E-state index is 0.111. The fraction of sp³-hybridized carbons (Fsp3) is 0.222. The van der Waals surface area contributed by atoms with E-state index in [0.717, 1.165) is 5.56 Å². The molecule has 5 heteroatoms. The third-order valence-electron chi connectivity index (χ3n) is 3.84. The molecule has 0 unspecified atom stereocenters. The maximum Gasteiger partial charge on any atom is 0.329 e. The molecule has 1 amide bonds. The Kier molecular flexibility index (Phi) is 5.01. The minimum Gasteiger partial charge on any atom is -0.508 e. The molecular formula is C18H19NO4. The van der Waals surface area contributed by atoms with Gasteiger partial charge in [0.25, 0.3) is 5.91 Å². The van der Waals surface area contributed by atoms with Crippen molar-refractivity contribution in [2.75, 3.05) is 0 Å². The van der Waals surface area contributed by atoms with Gasteiger partial charge < -0.3 is 15.5 Å². The van der Waals surface area contributed by atoms with E-state index >= 15 is 0 Å². The second-order valence-corrected chi connectivity index (χ2v) is 5.40. The van der Waals surface area contributed by atoms with Gasteiger partial charge in [0, 0.05) is 12.0 Å². The van der Waals surface area contributed by atoms with Crippen LogP contribution < -0.4 is 5.32 Å². The van der Waals surface area contributed by atoms with Crippen molar-refractivity contribution >= 4 is 11.9 Å². The van der Waals surface area contributed by atoms with Gasteiger partial charge in [-0.3, -0.25) is 4.79 Å². The number of carbonyl (C=O) groups excluding carboxylic acids is 1. The third kappa shape index (κ3) is 3.88. The van der Waals surface area contributed by atoms with Crippen LogP contribution in [0.2, 0.25) is 0 Å². The third-order valence-corrected chi connectivity index (χ3v) is 3.84. The van der Waals surface area contributed by atoms with Crippen molar-refractivity contribution in [3.05, 3.63) is 65.7 Å². The molecule has 0 fully saturated rings. The number of benzene rings is 2. The number of hydrogen-bond donors (Lipinski definition) is 3. The summed E-state index contributed by atoms with van der Waals surface area (Å²) < 4.78 is 0. The lowest BCUT2D eigenvalue weighted by molar-refractivity contribution is -0.144. The molecule has 2 aromatic rings. The first-order valence-corrected chi connectivity index (χ1v) is 7.36. The molecule has 0 bridgehead atoms. The van der Waals surface area contributed by atoms with Crippen LogP contribution in [0.5, 0.6) is 5.75 Å². The summed E-state index contributed by atoms with van der Waals surface area (Å²) in [7, 11) is 0. The van der Waals surface area contributed by atoms with Gasteiger partial charge in [0.15, 0.2) is 0 Å². The van der Waals surface area contributed by atoms with Crippen molar-refractivity contribution in [3.63, 3.8) is 0 Å². The predicted molar refractivity (Wildman–Crippen MR) is 86.4 cm³/mol. The van der Waals surface area contributed by atoms with Gasteiger partial charge in [-0.15, -0.1) is 0 Å². The molecule has 0 radical (unpaired) electrons. The molecular weight excluding hydrogens is 294 g/mol. The standard InChI is InChI=1S/C18H19NO4/c1-2-18(17(22)23,12-13-8-10-15(20)11-9-13)19-16(21)14-6-4-3-5-7-14/h3-11,20H,2,12H2,1H3,(H,19,21)(H,22,23)/t18-/m0/s1. The van der Waals surface area contributed by atoms with Crippen LogP contribution in [0.4, 0.5) is 0 Å². The molecule has 2 aromatic carbocycles. The molecule has 5 nitrogen and oxygen atoms in total. The lowest BCUT2D eigenvalue weighted by atomic mass is 9.87. The number of aliphatic carboxylic acids is 1. The average Bonchev–Trinajstić information content (AvgIpc) is 2.56. The molecule has 1 atom stereocenters. The van der Waals surface area contributed by atoms with E-state index in [1.807, 2.05) is 0 Å². The number of hydrogen-bond acceptors (Lipinski definition) is 3. The van der Waals surface area contributed by atoms with Crippen molar-refractivity contribution in [2.45, 2.75) is 25.3 Å². The van der Waals surface area contributed by atoms with E-state index in [4.69, 9.17) is 0 Å². The number of aromatic hydroxyl groups is 1. The molecule has 23 heavy (non-hydrogen) atoms. The molecule has 3 N–H and O–H groups in total. The molecule has 0 aliphatic rings. The topological polar surface area (TPSA) is 86.6 Å². The zero-order chi connectivity index (χ0) is 16.9. The van der Waals surface area contributed by atoms with Crippen LogP contribution in [-0.4, -0.2) is 27.6 Å². The van der Waals surface area contributed by atoms with Gasteiger partial charge in [-0.05, 0) is 36.2 Å². The molecule has 0 aliphatic heterocycles. The number of carbonyl (C=O) groups is 2. The summed E-state index contributed by atoms with van der Waals surface area (Å²) in [5.74, 6) is -1.40. The molecule has 120 valence electrons. The number of phenolic OH excluding ortho intramolecular Hbond substituents is 1. The highest BCUT2D eigenvalue weighted by molar-refractivity contribution is 5.97.